The van der Waals surface area contributed by atoms with E-state index >= 15 is 0 Å². The van der Waals surface area contributed by atoms with Crippen molar-refractivity contribution in [2.45, 2.75) is 19.8 Å². The van der Waals surface area contributed by atoms with Gasteiger partial charge in [-0.05, 0) is 5.92 Å². The van der Waals surface area contributed by atoms with Crippen molar-refractivity contribution in [2.24, 2.45) is 0 Å². The molecule has 0 aliphatic heterocycles. The first-order chi connectivity index (χ1) is 7.30. The summed E-state index contributed by atoms with van der Waals surface area (Å²) >= 11 is 0. The van der Waals surface area contributed by atoms with Crippen LogP contribution in [0, 0.1) is 12.1 Å². The molecule has 1 heteroatoms. The summed E-state index contributed by atoms with van der Waals surface area (Å²) in [6.45, 7) is 4.38. The second-order valence-electron chi connectivity index (χ2n) is 3.57. The van der Waals surface area contributed by atoms with Gasteiger partial charge in [-0.15, -0.1) is 0 Å². The fourth-order valence-corrected chi connectivity index (χ4v) is 1.13. The van der Waals surface area contributed by atoms with E-state index in [1.165, 1.54) is 5.56 Å². The molecule has 16 heavy (non-hydrogen) atoms. The van der Waals surface area contributed by atoms with Crippen LogP contribution in [0.4, 0.5) is 0 Å². The third kappa shape index (κ3) is 6.92. The number of hydrogen-bond donors (Lipinski definition) is 0. The standard InChI is InChI=1S/C9H11.C6H5.Y/c1-8(2)9-6-4-3-5-7-9;1-2-4-6-5-3-1;/h4-8H,1-2H3;1-5H;/q2*-1;. The molecule has 2 aromatic carbocycles. The van der Waals surface area contributed by atoms with Crippen molar-refractivity contribution in [2.75, 3.05) is 0 Å². The molecule has 0 saturated carbocycles. The molecule has 0 heterocycles. The summed E-state index contributed by atoms with van der Waals surface area (Å²) in [4.78, 5) is 0. The molecule has 0 N–H and O–H groups in total. The van der Waals surface area contributed by atoms with E-state index in [1.807, 2.05) is 42.5 Å². The Kier molecular flexibility index (Phi) is 9.47. The van der Waals surface area contributed by atoms with Crippen LogP contribution >= 0.6 is 0 Å². The molecule has 0 atom stereocenters. The quantitative estimate of drug-likeness (QED) is 0.692. The summed E-state index contributed by atoms with van der Waals surface area (Å²) in [6, 6.07) is 23.6. The molecule has 2 aromatic rings. The van der Waals surface area contributed by atoms with E-state index in [4.69, 9.17) is 0 Å². The topological polar surface area (TPSA) is 0 Å². The van der Waals surface area contributed by atoms with Crippen LogP contribution in [-0.2, 0) is 32.7 Å². The van der Waals surface area contributed by atoms with E-state index in [0.29, 0.717) is 5.92 Å². The maximum absolute atomic E-state index is 2.99. The zero-order valence-electron chi connectivity index (χ0n) is 9.85. The van der Waals surface area contributed by atoms with Crippen LogP contribution in [0.5, 0.6) is 0 Å². The van der Waals surface area contributed by atoms with Crippen LogP contribution in [0.15, 0.2) is 54.6 Å². The van der Waals surface area contributed by atoms with E-state index in [-0.39, 0.29) is 32.7 Å². The fraction of sp³-hybridized carbons (Fsp3) is 0.200. The Morgan fingerprint density at radius 1 is 0.812 bits per heavy atom. The van der Waals surface area contributed by atoms with E-state index in [1.54, 1.807) is 0 Å². The molecule has 0 bridgehead atoms. The van der Waals surface area contributed by atoms with Gasteiger partial charge in [-0.2, -0.15) is 72.3 Å². The second-order valence-corrected chi connectivity index (χ2v) is 3.57. The molecule has 0 nitrogen and oxygen atoms in total. The average molecular weight is 285 g/mol. The van der Waals surface area contributed by atoms with Crippen molar-refractivity contribution in [1.29, 1.82) is 0 Å². The molecule has 0 aliphatic rings. The van der Waals surface area contributed by atoms with Crippen LogP contribution in [-0.4, -0.2) is 0 Å². The molecule has 0 saturated heterocycles. The zero-order valence-corrected chi connectivity index (χ0v) is 12.7. The third-order valence-corrected chi connectivity index (χ3v) is 2.02. The Morgan fingerprint density at radius 3 is 1.56 bits per heavy atom. The molecule has 0 aromatic heterocycles. The summed E-state index contributed by atoms with van der Waals surface area (Å²) < 4.78 is 0. The van der Waals surface area contributed by atoms with Crippen molar-refractivity contribution in [1.82, 2.24) is 0 Å². The summed E-state index contributed by atoms with van der Waals surface area (Å²) in [5, 5.41) is 0. The van der Waals surface area contributed by atoms with Crippen LogP contribution in [0.3, 0.4) is 0 Å². The summed E-state index contributed by atoms with van der Waals surface area (Å²) in [5.41, 5.74) is 1.38. The molecular weight excluding hydrogens is 269 g/mol. The van der Waals surface area contributed by atoms with Gasteiger partial charge in [0.05, 0.1) is 0 Å². The van der Waals surface area contributed by atoms with Gasteiger partial charge in [0, 0.05) is 32.7 Å². The predicted molar refractivity (Wildman–Crippen MR) is 64.6 cm³/mol. The molecule has 0 aliphatic carbocycles. The number of hydrogen-bond acceptors (Lipinski definition) is 0. The Hall–Kier alpha value is -0.456. The van der Waals surface area contributed by atoms with Gasteiger partial charge in [0.25, 0.3) is 0 Å². The first-order valence-electron chi connectivity index (χ1n) is 5.18. The van der Waals surface area contributed by atoms with Crippen molar-refractivity contribution in [3.63, 3.8) is 0 Å². The summed E-state index contributed by atoms with van der Waals surface area (Å²) in [6.07, 6.45) is 0. The largest absolute Gasteiger partial charge is 0.184 e. The molecule has 2 rings (SSSR count). The first-order valence-corrected chi connectivity index (χ1v) is 5.18. The van der Waals surface area contributed by atoms with Crippen LogP contribution < -0.4 is 0 Å². The van der Waals surface area contributed by atoms with Gasteiger partial charge in [-0.25, -0.2) is 0 Å². The molecule has 1 radical (unpaired) electrons. The number of benzene rings is 2. The Labute approximate surface area is 124 Å². The predicted octanol–water partition coefficient (Wildman–Crippen LogP) is 4.09. The van der Waals surface area contributed by atoms with E-state index in [0.717, 1.165) is 0 Å². The van der Waals surface area contributed by atoms with E-state index < -0.39 is 0 Å². The van der Waals surface area contributed by atoms with Crippen LogP contribution in [0.25, 0.3) is 0 Å². The Balaban J connectivity index is 0.000000283. The molecule has 0 amide bonds. The average Bonchev–Trinajstić information content (AvgIpc) is 2.33. The fourth-order valence-electron chi connectivity index (χ4n) is 1.13. The maximum Gasteiger partial charge on any atom is 0 e. The van der Waals surface area contributed by atoms with Gasteiger partial charge >= 0.3 is 0 Å². The van der Waals surface area contributed by atoms with Crippen LogP contribution in [0.2, 0.25) is 0 Å². The smallest absolute Gasteiger partial charge is 0 e. The van der Waals surface area contributed by atoms with Gasteiger partial charge < -0.3 is 0 Å². The Morgan fingerprint density at radius 2 is 1.31 bits per heavy atom. The zero-order chi connectivity index (χ0) is 10.9. The molecule has 0 fully saturated rings. The monoisotopic (exact) mass is 285 g/mol. The minimum Gasteiger partial charge on any atom is -0.184 e. The summed E-state index contributed by atoms with van der Waals surface area (Å²) in [7, 11) is 0. The van der Waals surface area contributed by atoms with Crippen molar-refractivity contribution >= 4 is 0 Å². The minimum absolute atomic E-state index is 0. The van der Waals surface area contributed by atoms with Crippen LogP contribution in [0.1, 0.15) is 25.3 Å². The molecular formula is C15H16Y-2. The van der Waals surface area contributed by atoms with Gasteiger partial charge in [0.15, 0.2) is 0 Å². The normalized spacial score (nSPS) is 8.69. The Bertz CT molecular complexity index is 314. The van der Waals surface area contributed by atoms with Gasteiger partial charge in [0.1, 0.15) is 0 Å². The molecule has 0 unspecified atom stereocenters. The SMILES string of the molecule is CC(C)c1cc[c-]cc1.[Y].[c-]1ccccc1. The van der Waals surface area contributed by atoms with Crippen molar-refractivity contribution < 1.29 is 32.7 Å². The van der Waals surface area contributed by atoms with Gasteiger partial charge in [-0.3, -0.25) is 0 Å². The van der Waals surface area contributed by atoms with Gasteiger partial charge in [0.2, 0.25) is 0 Å². The first kappa shape index (κ1) is 15.5. The third-order valence-electron chi connectivity index (χ3n) is 2.02. The molecule has 81 valence electrons. The minimum atomic E-state index is 0. The van der Waals surface area contributed by atoms with E-state index in [9.17, 15) is 0 Å². The molecule has 0 spiro atoms. The maximum atomic E-state index is 2.99. The second kappa shape index (κ2) is 9.75. The van der Waals surface area contributed by atoms with Gasteiger partial charge in [-0.1, -0.05) is 13.8 Å². The van der Waals surface area contributed by atoms with E-state index in [2.05, 4.69) is 38.1 Å². The van der Waals surface area contributed by atoms with Crippen molar-refractivity contribution in [3.8, 4) is 0 Å². The summed E-state index contributed by atoms with van der Waals surface area (Å²) in [5.74, 6) is 0.639. The number of rotatable bonds is 1. The van der Waals surface area contributed by atoms with Crippen molar-refractivity contribution in [3.05, 3.63) is 72.3 Å².